The van der Waals surface area contributed by atoms with Crippen LogP contribution in [0.2, 0.25) is 0 Å². The van der Waals surface area contributed by atoms with Gasteiger partial charge in [0.25, 0.3) is 5.91 Å². The van der Waals surface area contributed by atoms with Gasteiger partial charge in [0.2, 0.25) is 0 Å². The summed E-state index contributed by atoms with van der Waals surface area (Å²) in [7, 11) is -3.62. The van der Waals surface area contributed by atoms with E-state index in [4.69, 9.17) is 4.74 Å². The summed E-state index contributed by atoms with van der Waals surface area (Å²) in [5.74, 6) is -1.08. The standard InChI is InChI=1S/C21H23N3O6S/c1-3-30-20(26)15-8-6-9-16(14-15)22-21(27)24-13-7-12-23(24)19(25)17-10-4-5-11-18(17)31(2,28)29/h4-6,8-11,14H,3,7,12-13H2,1-2H3,(H,22,27). The molecule has 1 saturated heterocycles. The van der Waals surface area contributed by atoms with Crippen LogP contribution in [-0.4, -0.2) is 62.3 Å². The van der Waals surface area contributed by atoms with Crippen molar-refractivity contribution in [3.63, 3.8) is 0 Å². The number of hydrogen-bond acceptors (Lipinski definition) is 6. The first kappa shape index (κ1) is 22.3. The zero-order valence-corrected chi connectivity index (χ0v) is 18.0. The third-order valence-electron chi connectivity index (χ3n) is 4.64. The highest BCUT2D eigenvalue weighted by Gasteiger charge is 2.33. The SMILES string of the molecule is CCOC(=O)c1cccc(NC(=O)N2CCCN2C(=O)c2ccccc2S(C)(=O)=O)c1. The van der Waals surface area contributed by atoms with Gasteiger partial charge >= 0.3 is 12.0 Å². The van der Waals surface area contributed by atoms with Crippen LogP contribution in [0.1, 0.15) is 34.1 Å². The lowest BCUT2D eigenvalue weighted by molar-refractivity contribution is 0.0400. The molecule has 1 N–H and O–H groups in total. The zero-order valence-electron chi connectivity index (χ0n) is 17.2. The third-order valence-corrected chi connectivity index (χ3v) is 5.80. The Kier molecular flexibility index (Phi) is 6.59. The minimum atomic E-state index is -3.62. The second kappa shape index (κ2) is 9.17. The lowest BCUT2D eigenvalue weighted by Gasteiger charge is -2.28. The molecule has 0 saturated carbocycles. The maximum absolute atomic E-state index is 13.1. The van der Waals surface area contributed by atoms with Crippen molar-refractivity contribution in [2.75, 3.05) is 31.3 Å². The fourth-order valence-corrected chi connectivity index (χ4v) is 4.15. The van der Waals surface area contributed by atoms with Gasteiger partial charge in [-0.3, -0.25) is 4.79 Å². The molecule has 9 nitrogen and oxygen atoms in total. The second-order valence-electron chi connectivity index (χ2n) is 6.90. The molecule has 0 radical (unpaired) electrons. The van der Waals surface area contributed by atoms with E-state index >= 15 is 0 Å². The van der Waals surface area contributed by atoms with E-state index < -0.39 is 27.7 Å². The molecule has 1 heterocycles. The van der Waals surface area contributed by atoms with Crippen molar-refractivity contribution in [2.24, 2.45) is 0 Å². The Labute approximate surface area is 180 Å². The van der Waals surface area contributed by atoms with Crippen molar-refractivity contribution in [2.45, 2.75) is 18.2 Å². The summed E-state index contributed by atoms with van der Waals surface area (Å²) in [6.45, 7) is 2.49. The van der Waals surface area contributed by atoms with E-state index in [-0.39, 0.29) is 35.7 Å². The monoisotopic (exact) mass is 445 g/mol. The molecule has 2 aromatic rings. The van der Waals surface area contributed by atoms with Crippen LogP contribution in [0.4, 0.5) is 10.5 Å². The third kappa shape index (κ3) is 5.02. The van der Waals surface area contributed by atoms with E-state index in [9.17, 15) is 22.8 Å². The van der Waals surface area contributed by atoms with Crippen molar-refractivity contribution >= 4 is 33.4 Å². The van der Waals surface area contributed by atoms with Crippen LogP contribution in [-0.2, 0) is 14.6 Å². The van der Waals surface area contributed by atoms with Crippen LogP contribution in [0.5, 0.6) is 0 Å². The number of carbonyl (C=O) groups excluding carboxylic acids is 3. The molecule has 0 aromatic heterocycles. The average molecular weight is 445 g/mol. The topological polar surface area (TPSA) is 113 Å². The van der Waals surface area contributed by atoms with Gasteiger partial charge in [-0.1, -0.05) is 18.2 Å². The summed E-state index contributed by atoms with van der Waals surface area (Å²) in [6.07, 6.45) is 1.58. The molecular weight excluding hydrogens is 422 g/mol. The molecule has 1 aliphatic heterocycles. The molecule has 1 aliphatic rings. The Morgan fingerprint density at radius 2 is 1.74 bits per heavy atom. The summed E-state index contributed by atoms with van der Waals surface area (Å²) in [5.41, 5.74) is 0.663. The van der Waals surface area contributed by atoms with E-state index in [0.29, 0.717) is 12.1 Å². The maximum Gasteiger partial charge on any atom is 0.340 e. The number of rotatable bonds is 5. The Balaban J connectivity index is 1.80. The minimum Gasteiger partial charge on any atom is -0.462 e. The van der Waals surface area contributed by atoms with Gasteiger partial charge in [-0.25, -0.2) is 28.0 Å². The van der Waals surface area contributed by atoms with Crippen molar-refractivity contribution in [1.29, 1.82) is 0 Å². The summed E-state index contributed by atoms with van der Waals surface area (Å²) < 4.78 is 29.1. The van der Waals surface area contributed by atoms with Crippen LogP contribution in [0.25, 0.3) is 0 Å². The molecule has 10 heteroatoms. The van der Waals surface area contributed by atoms with E-state index in [1.807, 2.05) is 0 Å². The van der Waals surface area contributed by atoms with Crippen LogP contribution < -0.4 is 5.32 Å². The molecule has 31 heavy (non-hydrogen) atoms. The Hall–Kier alpha value is -3.40. The predicted molar refractivity (Wildman–Crippen MR) is 113 cm³/mol. The lowest BCUT2D eigenvalue weighted by Crippen LogP contribution is -2.47. The summed E-state index contributed by atoms with van der Waals surface area (Å²) in [4.78, 5) is 37.7. The summed E-state index contributed by atoms with van der Waals surface area (Å²) in [6, 6.07) is 11.6. The van der Waals surface area contributed by atoms with Crippen LogP contribution in [0.15, 0.2) is 53.4 Å². The number of ether oxygens (including phenoxy) is 1. The highest BCUT2D eigenvalue weighted by molar-refractivity contribution is 7.90. The normalized spacial score (nSPS) is 13.7. The van der Waals surface area contributed by atoms with E-state index in [2.05, 4.69) is 5.32 Å². The Bertz CT molecular complexity index is 1120. The number of hydrogen-bond donors (Lipinski definition) is 1. The van der Waals surface area contributed by atoms with Crippen LogP contribution in [0, 0.1) is 0 Å². The van der Waals surface area contributed by atoms with Gasteiger partial charge in [0.1, 0.15) is 0 Å². The number of amides is 3. The number of nitrogens with one attached hydrogen (secondary N) is 1. The van der Waals surface area contributed by atoms with E-state index in [0.717, 1.165) is 6.26 Å². The molecule has 3 amide bonds. The van der Waals surface area contributed by atoms with Crippen molar-refractivity contribution in [3.05, 3.63) is 59.7 Å². The summed E-state index contributed by atoms with van der Waals surface area (Å²) in [5, 5.41) is 5.13. The number of sulfone groups is 1. The summed E-state index contributed by atoms with van der Waals surface area (Å²) >= 11 is 0. The predicted octanol–water partition coefficient (Wildman–Crippen LogP) is 2.56. The first-order chi connectivity index (χ1) is 14.7. The largest absolute Gasteiger partial charge is 0.462 e. The highest BCUT2D eigenvalue weighted by atomic mass is 32.2. The zero-order chi connectivity index (χ0) is 22.6. The molecule has 0 aliphatic carbocycles. The van der Waals surface area contributed by atoms with Gasteiger partial charge in [-0.15, -0.1) is 0 Å². The van der Waals surface area contributed by atoms with Crippen molar-refractivity contribution in [1.82, 2.24) is 10.0 Å². The number of anilines is 1. The van der Waals surface area contributed by atoms with Gasteiger partial charge in [0.15, 0.2) is 9.84 Å². The van der Waals surface area contributed by atoms with Crippen LogP contribution in [0.3, 0.4) is 0 Å². The number of urea groups is 1. The molecule has 0 atom stereocenters. The minimum absolute atomic E-state index is 0.00834. The average Bonchev–Trinajstić information content (AvgIpc) is 3.23. The number of nitrogens with zero attached hydrogens (tertiary/aromatic N) is 2. The lowest BCUT2D eigenvalue weighted by atomic mass is 10.2. The van der Waals surface area contributed by atoms with Gasteiger partial charge < -0.3 is 10.1 Å². The van der Waals surface area contributed by atoms with Gasteiger partial charge in [0.05, 0.1) is 22.6 Å². The van der Waals surface area contributed by atoms with Crippen molar-refractivity contribution in [3.8, 4) is 0 Å². The molecule has 3 rings (SSSR count). The van der Waals surface area contributed by atoms with Crippen LogP contribution >= 0.6 is 0 Å². The van der Waals surface area contributed by atoms with E-state index in [1.54, 1.807) is 31.2 Å². The molecule has 0 bridgehead atoms. The number of benzene rings is 2. The first-order valence-corrected chi connectivity index (χ1v) is 11.6. The van der Waals surface area contributed by atoms with Gasteiger partial charge in [-0.05, 0) is 43.7 Å². The molecule has 0 unspecified atom stereocenters. The number of esters is 1. The Morgan fingerprint density at radius 3 is 2.45 bits per heavy atom. The van der Waals surface area contributed by atoms with Crippen molar-refractivity contribution < 1.29 is 27.5 Å². The Morgan fingerprint density at radius 1 is 1.03 bits per heavy atom. The van der Waals surface area contributed by atoms with E-state index in [1.165, 1.54) is 34.3 Å². The fourth-order valence-electron chi connectivity index (χ4n) is 3.27. The maximum atomic E-state index is 13.1. The molecule has 2 aromatic carbocycles. The number of hydrazine groups is 1. The second-order valence-corrected chi connectivity index (χ2v) is 8.89. The number of carbonyl (C=O) groups is 3. The highest BCUT2D eigenvalue weighted by Crippen LogP contribution is 2.22. The molecule has 1 fully saturated rings. The first-order valence-electron chi connectivity index (χ1n) is 9.69. The molecular formula is C21H23N3O6S. The smallest absolute Gasteiger partial charge is 0.340 e. The molecule has 0 spiro atoms. The molecule has 164 valence electrons. The van der Waals surface area contributed by atoms with Gasteiger partial charge in [0, 0.05) is 25.0 Å². The van der Waals surface area contributed by atoms with Gasteiger partial charge in [-0.2, -0.15) is 0 Å². The fraction of sp³-hybridized carbons (Fsp3) is 0.286. The quantitative estimate of drug-likeness (QED) is 0.708.